The molecule has 0 saturated heterocycles. The Kier molecular flexibility index (Phi) is 8.48. The summed E-state index contributed by atoms with van der Waals surface area (Å²) < 4.78 is 41.9. The van der Waals surface area contributed by atoms with Crippen LogP contribution < -0.4 is 10.0 Å². The lowest BCUT2D eigenvalue weighted by atomic mass is 10.1. The van der Waals surface area contributed by atoms with E-state index in [4.69, 9.17) is 0 Å². The Morgan fingerprint density at radius 1 is 1.21 bits per heavy atom. The van der Waals surface area contributed by atoms with E-state index in [1.807, 2.05) is 6.26 Å². The van der Waals surface area contributed by atoms with Crippen molar-refractivity contribution in [3.63, 3.8) is 0 Å². The minimum absolute atomic E-state index is 0.0896. The second kappa shape index (κ2) is 10.4. The predicted octanol–water partition coefficient (Wildman–Crippen LogP) is 3.61. The largest absolute Gasteiger partial charge is 0.351 e. The number of amides is 1. The first kappa shape index (κ1) is 22.9. The number of benzene rings is 2. The first-order valence-corrected chi connectivity index (χ1v) is 12.2. The van der Waals surface area contributed by atoms with Crippen molar-refractivity contribution in [2.24, 2.45) is 0 Å². The van der Waals surface area contributed by atoms with Gasteiger partial charge in [-0.25, -0.2) is 12.8 Å². The fraction of sp³-hybridized carbons (Fsp3) is 0.316. The molecule has 2 N–H and O–H groups in total. The number of hydrogen-bond acceptors (Lipinski definition) is 4. The second-order valence-electron chi connectivity index (χ2n) is 6.21. The summed E-state index contributed by atoms with van der Waals surface area (Å²) in [7, 11) is -3.84. The van der Waals surface area contributed by atoms with Gasteiger partial charge in [0.2, 0.25) is 15.9 Å². The van der Waals surface area contributed by atoms with E-state index in [1.165, 1.54) is 30.0 Å². The standard InChI is InChI=1S/C19H22BrFN2O3S2/c1-13-11-14(3-8-17(13)21)12-22-19(24)18(9-10-27-2)23-28(25,26)16-6-4-15(20)5-7-16/h3-8,11,18,23H,9-10,12H2,1-2H3,(H,22,24). The fourth-order valence-electron chi connectivity index (χ4n) is 2.48. The number of sulfonamides is 1. The average molecular weight is 489 g/mol. The molecular formula is C19H22BrFN2O3S2. The molecule has 1 unspecified atom stereocenters. The molecule has 2 aromatic carbocycles. The SMILES string of the molecule is CSCCC(NS(=O)(=O)c1ccc(Br)cc1)C(=O)NCc1ccc(F)c(C)c1. The van der Waals surface area contributed by atoms with E-state index in [9.17, 15) is 17.6 Å². The Morgan fingerprint density at radius 3 is 2.50 bits per heavy atom. The molecule has 2 rings (SSSR count). The Labute approximate surface area is 177 Å². The number of rotatable bonds is 9. The molecule has 152 valence electrons. The highest BCUT2D eigenvalue weighted by Crippen LogP contribution is 2.16. The normalized spacial score (nSPS) is 12.6. The highest BCUT2D eigenvalue weighted by atomic mass is 79.9. The summed E-state index contributed by atoms with van der Waals surface area (Å²) in [5.74, 6) is -0.108. The molecule has 0 aliphatic heterocycles. The van der Waals surface area contributed by atoms with Gasteiger partial charge in [-0.05, 0) is 66.8 Å². The first-order valence-electron chi connectivity index (χ1n) is 8.52. The first-order chi connectivity index (χ1) is 13.2. The molecule has 28 heavy (non-hydrogen) atoms. The molecule has 0 aliphatic rings. The van der Waals surface area contributed by atoms with Gasteiger partial charge in [0.1, 0.15) is 11.9 Å². The lowest BCUT2D eigenvalue weighted by Gasteiger charge is -2.18. The van der Waals surface area contributed by atoms with Gasteiger partial charge in [0.15, 0.2) is 0 Å². The van der Waals surface area contributed by atoms with Crippen LogP contribution in [0.15, 0.2) is 51.8 Å². The summed E-state index contributed by atoms with van der Waals surface area (Å²) in [4.78, 5) is 12.7. The molecule has 5 nitrogen and oxygen atoms in total. The summed E-state index contributed by atoms with van der Waals surface area (Å²) in [5.41, 5.74) is 1.23. The summed E-state index contributed by atoms with van der Waals surface area (Å²) in [5, 5.41) is 2.73. The van der Waals surface area contributed by atoms with E-state index in [-0.39, 0.29) is 17.3 Å². The van der Waals surface area contributed by atoms with Crippen molar-refractivity contribution in [1.82, 2.24) is 10.0 Å². The van der Waals surface area contributed by atoms with Gasteiger partial charge in [0.05, 0.1) is 4.90 Å². The van der Waals surface area contributed by atoms with Gasteiger partial charge in [-0.15, -0.1) is 0 Å². The zero-order chi connectivity index (χ0) is 20.7. The van der Waals surface area contributed by atoms with Crippen LogP contribution in [0.5, 0.6) is 0 Å². The molecule has 0 radical (unpaired) electrons. The van der Waals surface area contributed by atoms with Gasteiger partial charge in [-0.2, -0.15) is 16.5 Å². The molecule has 0 heterocycles. The summed E-state index contributed by atoms with van der Waals surface area (Å²) in [6.07, 6.45) is 2.24. The van der Waals surface area contributed by atoms with Crippen LogP contribution in [0.2, 0.25) is 0 Å². The quantitative estimate of drug-likeness (QED) is 0.565. The van der Waals surface area contributed by atoms with Crippen LogP contribution in [0.4, 0.5) is 4.39 Å². The third-order valence-electron chi connectivity index (χ3n) is 4.04. The number of hydrogen-bond donors (Lipinski definition) is 2. The van der Waals surface area contributed by atoms with Gasteiger partial charge >= 0.3 is 0 Å². The summed E-state index contributed by atoms with van der Waals surface area (Å²) in [6.45, 7) is 1.84. The van der Waals surface area contributed by atoms with Gasteiger partial charge in [0, 0.05) is 11.0 Å². The average Bonchev–Trinajstić information content (AvgIpc) is 2.66. The fourth-order valence-corrected chi connectivity index (χ4v) is 4.44. The maximum Gasteiger partial charge on any atom is 0.241 e. The highest BCUT2D eigenvalue weighted by molar-refractivity contribution is 9.10. The topological polar surface area (TPSA) is 75.3 Å². The van der Waals surface area contributed by atoms with Crippen molar-refractivity contribution in [2.75, 3.05) is 12.0 Å². The number of nitrogens with one attached hydrogen (secondary N) is 2. The second-order valence-corrected chi connectivity index (χ2v) is 9.83. The van der Waals surface area contributed by atoms with E-state index >= 15 is 0 Å². The van der Waals surface area contributed by atoms with Gasteiger partial charge in [-0.3, -0.25) is 4.79 Å². The van der Waals surface area contributed by atoms with E-state index in [0.29, 0.717) is 17.7 Å². The van der Waals surface area contributed by atoms with E-state index in [1.54, 1.807) is 31.2 Å². The molecule has 0 aliphatic carbocycles. The van der Waals surface area contributed by atoms with Crippen LogP contribution in [0.3, 0.4) is 0 Å². The smallest absolute Gasteiger partial charge is 0.241 e. The van der Waals surface area contributed by atoms with Crippen LogP contribution in [0.25, 0.3) is 0 Å². The molecule has 0 aromatic heterocycles. The van der Waals surface area contributed by atoms with Crippen LogP contribution in [0.1, 0.15) is 17.5 Å². The van der Waals surface area contributed by atoms with Crippen LogP contribution in [-0.4, -0.2) is 32.4 Å². The van der Waals surface area contributed by atoms with E-state index in [0.717, 1.165) is 10.0 Å². The lowest BCUT2D eigenvalue weighted by Crippen LogP contribution is -2.46. The number of carbonyl (C=O) groups excluding carboxylic acids is 1. The molecule has 2 aromatic rings. The number of carbonyl (C=O) groups is 1. The number of halogens is 2. The number of thioether (sulfide) groups is 1. The van der Waals surface area contributed by atoms with Crippen molar-refractivity contribution in [1.29, 1.82) is 0 Å². The Balaban J connectivity index is 2.09. The monoisotopic (exact) mass is 488 g/mol. The van der Waals surface area contributed by atoms with Crippen molar-refractivity contribution in [3.05, 3.63) is 63.9 Å². The minimum atomic E-state index is -3.84. The van der Waals surface area contributed by atoms with Gasteiger partial charge < -0.3 is 5.32 Å². The van der Waals surface area contributed by atoms with Crippen LogP contribution in [-0.2, 0) is 21.4 Å². The van der Waals surface area contributed by atoms with Crippen molar-refractivity contribution in [3.8, 4) is 0 Å². The third-order valence-corrected chi connectivity index (χ3v) is 6.70. The van der Waals surface area contributed by atoms with Crippen LogP contribution in [0, 0.1) is 12.7 Å². The van der Waals surface area contributed by atoms with Gasteiger partial charge in [-0.1, -0.05) is 28.1 Å². The predicted molar refractivity (Wildman–Crippen MR) is 114 cm³/mol. The zero-order valence-electron chi connectivity index (χ0n) is 15.5. The molecule has 0 saturated carbocycles. The molecule has 1 atom stereocenters. The zero-order valence-corrected chi connectivity index (χ0v) is 18.8. The lowest BCUT2D eigenvalue weighted by molar-refractivity contribution is -0.122. The third kappa shape index (κ3) is 6.58. The molecule has 1 amide bonds. The summed E-state index contributed by atoms with van der Waals surface area (Å²) in [6, 6.07) is 9.88. The Bertz CT molecular complexity index is 921. The molecule has 0 fully saturated rings. The Morgan fingerprint density at radius 2 is 1.89 bits per heavy atom. The number of aryl methyl sites for hydroxylation is 1. The van der Waals surface area contributed by atoms with E-state index in [2.05, 4.69) is 26.0 Å². The highest BCUT2D eigenvalue weighted by Gasteiger charge is 2.25. The van der Waals surface area contributed by atoms with Gasteiger partial charge in [0.25, 0.3) is 0 Å². The molecule has 0 bridgehead atoms. The molecule has 0 spiro atoms. The minimum Gasteiger partial charge on any atom is -0.351 e. The molecular weight excluding hydrogens is 467 g/mol. The maximum absolute atomic E-state index is 13.4. The van der Waals surface area contributed by atoms with Crippen molar-refractivity contribution < 1.29 is 17.6 Å². The van der Waals surface area contributed by atoms with E-state index < -0.39 is 22.0 Å². The summed E-state index contributed by atoms with van der Waals surface area (Å²) >= 11 is 4.79. The Hall–Kier alpha value is -1.42. The van der Waals surface area contributed by atoms with Crippen LogP contribution >= 0.6 is 27.7 Å². The van der Waals surface area contributed by atoms with Crippen molar-refractivity contribution in [2.45, 2.75) is 30.8 Å². The maximum atomic E-state index is 13.4. The molecule has 9 heteroatoms. The van der Waals surface area contributed by atoms with Crippen molar-refractivity contribution >= 4 is 43.6 Å².